The highest BCUT2D eigenvalue weighted by Crippen LogP contribution is 2.15. The van der Waals surface area contributed by atoms with Crippen molar-refractivity contribution in [3.8, 4) is 5.75 Å². The Morgan fingerprint density at radius 1 is 1.04 bits per heavy atom. The number of carboxylic acids is 1. The van der Waals surface area contributed by atoms with E-state index in [1.165, 1.54) is 0 Å². The number of carbonyl (C=O) groups excluding carboxylic acids is 1. The molecule has 0 saturated carbocycles. The summed E-state index contributed by atoms with van der Waals surface area (Å²) in [7, 11) is 0. The first-order valence-electron chi connectivity index (χ1n) is 7.91. The highest BCUT2D eigenvalue weighted by Gasteiger charge is 2.08. The maximum absolute atomic E-state index is 12.1. The SMILES string of the molecule is O=C(O)CCCCOc1ccc(C(=O)OCc2cccc(I)c2)cc1. The second-order valence-corrected chi connectivity index (χ2v) is 6.68. The largest absolute Gasteiger partial charge is 0.494 e. The lowest BCUT2D eigenvalue weighted by atomic mass is 10.2. The molecule has 1 N–H and O–H groups in total. The van der Waals surface area contributed by atoms with Crippen LogP contribution in [0, 0.1) is 3.57 Å². The van der Waals surface area contributed by atoms with Crippen LogP contribution in [0.5, 0.6) is 5.75 Å². The lowest BCUT2D eigenvalue weighted by Crippen LogP contribution is -2.05. The van der Waals surface area contributed by atoms with Crippen molar-refractivity contribution < 1.29 is 24.2 Å². The number of aliphatic carboxylic acids is 1. The number of halogens is 1. The highest BCUT2D eigenvalue weighted by atomic mass is 127. The number of hydrogen-bond acceptors (Lipinski definition) is 4. The Bertz CT molecular complexity index is 712. The molecule has 0 aliphatic carbocycles. The van der Waals surface area contributed by atoms with E-state index in [-0.39, 0.29) is 19.0 Å². The predicted molar refractivity (Wildman–Crippen MR) is 102 cm³/mol. The summed E-state index contributed by atoms with van der Waals surface area (Å²) in [6.45, 7) is 0.682. The number of ether oxygens (including phenoxy) is 2. The minimum absolute atomic E-state index is 0.147. The molecule has 2 aromatic rings. The molecule has 0 atom stereocenters. The Kier molecular flexibility index (Phi) is 7.72. The zero-order chi connectivity index (χ0) is 18.1. The maximum Gasteiger partial charge on any atom is 0.338 e. The Morgan fingerprint density at radius 2 is 1.80 bits per heavy atom. The molecular weight excluding hydrogens is 435 g/mol. The lowest BCUT2D eigenvalue weighted by molar-refractivity contribution is -0.137. The average molecular weight is 454 g/mol. The summed E-state index contributed by atoms with van der Waals surface area (Å²) in [6, 6.07) is 14.5. The van der Waals surface area contributed by atoms with E-state index in [9.17, 15) is 9.59 Å². The number of unbranched alkanes of at least 4 members (excludes halogenated alkanes) is 1. The Morgan fingerprint density at radius 3 is 2.48 bits per heavy atom. The van der Waals surface area contributed by atoms with Crippen molar-refractivity contribution in [3.63, 3.8) is 0 Å². The first-order chi connectivity index (χ1) is 12.0. The second-order valence-electron chi connectivity index (χ2n) is 5.43. The van der Waals surface area contributed by atoms with Crippen LogP contribution < -0.4 is 4.74 Å². The molecule has 0 fully saturated rings. The van der Waals surface area contributed by atoms with Gasteiger partial charge >= 0.3 is 11.9 Å². The van der Waals surface area contributed by atoms with Gasteiger partial charge in [-0.2, -0.15) is 0 Å². The van der Waals surface area contributed by atoms with Crippen LogP contribution in [0.1, 0.15) is 35.2 Å². The van der Waals surface area contributed by atoms with Crippen LogP contribution in [0.3, 0.4) is 0 Å². The molecule has 0 heterocycles. The molecule has 2 aromatic carbocycles. The second kappa shape index (κ2) is 10.0. The van der Waals surface area contributed by atoms with Gasteiger partial charge in [0.1, 0.15) is 12.4 Å². The fourth-order valence-electron chi connectivity index (χ4n) is 2.11. The third-order valence-corrected chi connectivity index (χ3v) is 4.07. The van der Waals surface area contributed by atoms with Crippen molar-refractivity contribution in [2.75, 3.05) is 6.61 Å². The molecule has 0 bridgehead atoms. The van der Waals surface area contributed by atoms with Gasteiger partial charge in [0, 0.05) is 9.99 Å². The first-order valence-corrected chi connectivity index (χ1v) is 8.99. The van der Waals surface area contributed by atoms with Crippen LogP contribution in [0.15, 0.2) is 48.5 Å². The molecule has 0 aromatic heterocycles. The number of benzene rings is 2. The number of rotatable bonds is 9. The summed E-state index contributed by atoms with van der Waals surface area (Å²) in [5, 5.41) is 8.56. The quantitative estimate of drug-likeness (QED) is 0.348. The molecule has 2 rings (SSSR count). The molecule has 0 unspecified atom stereocenters. The normalized spacial score (nSPS) is 10.3. The molecule has 0 radical (unpaired) electrons. The van der Waals surface area contributed by atoms with Crippen LogP contribution in [-0.4, -0.2) is 23.7 Å². The molecule has 0 aliphatic heterocycles. The van der Waals surface area contributed by atoms with E-state index in [1.54, 1.807) is 24.3 Å². The minimum Gasteiger partial charge on any atom is -0.494 e. The molecule has 0 amide bonds. The summed E-state index contributed by atoms with van der Waals surface area (Å²) in [5.74, 6) is -0.538. The Hall–Kier alpha value is -2.09. The third-order valence-electron chi connectivity index (χ3n) is 3.40. The Balaban J connectivity index is 1.76. The monoisotopic (exact) mass is 454 g/mol. The number of esters is 1. The van der Waals surface area contributed by atoms with Gasteiger partial charge in [-0.05, 0) is 77.4 Å². The standard InChI is InChI=1S/C19H19IO5/c20-16-5-3-4-14(12-16)13-25-19(23)15-7-9-17(10-8-15)24-11-2-1-6-18(21)22/h3-5,7-10,12H,1-2,6,11,13H2,(H,21,22). The summed E-state index contributed by atoms with van der Waals surface area (Å²) in [4.78, 5) is 22.5. The Labute approximate surface area is 160 Å². The van der Waals surface area contributed by atoms with E-state index in [2.05, 4.69) is 22.6 Å². The topological polar surface area (TPSA) is 72.8 Å². The van der Waals surface area contributed by atoms with Gasteiger partial charge in [0.05, 0.1) is 12.2 Å². The third kappa shape index (κ3) is 7.13. The van der Waals surface area contributed by atoms with Gasteiger partial charge in [-0.1, -0.05) is 12.1 Å². The number of carboxylic acid groups (broad SMARTS) is 1. The lowest BCUT2D eigenvalue weighted by Gasteiger charge is -2.08. The predicted octanol–water partition coefficient (Wildman–Crippen LogP) is 4.28. The van der Waals surface area contributed by atoms with Gasteiger partial charge < -0.3 is 14.6 Å². The zero-order valence-corrected chi connectivity index (χ0v) is 15.8. The van der Waals surface area contributed by atoms with Gasteiger partial charge in [-0.15, -0.1) is 0 Å². The fraction of sp³-hybridized carbons (Fsp3) is 0.263. The highest BCUT2D eigenvalue weighted by molar-refractivity contribution is 14.1. The van der Waals surface area contributed by atoms with E-state index in [4.69, 9.17) is 14.6 Å². The molecule has 0 saturated heterocycles. The van der Waals surface area contributed by atoms with Crippen molar-refractivity contribution >= 4 is 34.5 Å². The van der Waals surface area contributed by atoms with Gasteiger partial charge in [-0.3, -0.25) is 4.79 Å². The van der Waals surface area contributed by atoms with Crippen LogP contribution in [0.25, 0.3) is 0 Å². The van der Waals surface area contributed by atoms with E-state index in [0.717, 1.165) is 9.13 Å². The van der Waals surface area contributed by atoms with E-state index >= 15 is 0 Å². The number of hydrogen-bond donors (Lipinski definition) is 1. The van der Waals surface area contributed by atoms with Crippen LogP contribution in [0.4, 0.5) is 0 Å². The molecule has 6 heteroatoms. The van der Waals surface area contributed by atoms with Crippen LogP contribution in [0.2, 0.25) is 0 Å². The summed E-state index contributed by atoms with van der Waals surface area (Å²) in [5.41, 5.74) is 1.41. The molecule has 132 valence electrons. The van der Waals surface area contributed by atoms with Crippen molar-refractivity contribution in [2.45, 2.75) is 25.9 Å². The summed E-state index contributed by atoms with van der Waals surface area (Å²) in [6.07, 6.45) is 1.40. The van der Waals surface area contributed by atoms with Crippen LogP contribution in [-0.2, 0) is 16.1 Å². The molecule has 25 heavy (non-hydrogen) atoms. The van der Waals surface area contributed by atoms with Crippen molar-refractivity contribution in [3.05, 3.63) is 63.2 Å². The van der Waals surface area contributed by atoms with E-state index < -0.39 is 5.97 Å². The van der Waals surface area contributed by atoms with Gasteiger partial charge in [0.2, 0.25) is 0 Å². The van der Waals surface area contributed by atoms with E-state index in [0.29, 0.717) is 30.8 Å². The molecule has 0 spiro atoms. The maximum atomic E-state index is 12.1. The number of carbonyl (C=O) groups is 2. The molecule has 5 nitrogen and oxygen atoms in total. The van der Waals surface area contributed by atoms with E-state index in [1.807, 2.05) is 24.3 Å². The van der Waals surface area contributed by atoms with Crippen molar-refractivity contribution in [2.24, 2.45) is 0 Å². The molecular formula is C19H19IO5. The fourth-order valence-corrected chi connectivity index (χ4v) is 2.72. The van der Waals surface area contributed by atoms with Gasteiger partial charge in [-0.25, -0.2) is 4.79 Å². The zero-order valence-electron chi connectivity index (χ0n) is 13.6. The van der Waals surface area contributed by atoms with Crippen molar-refractivity contribution in [1.29, 1.82) is 0 Å². The molecule has 0 aliphatic rings. The first kappa shape index (κ1) is 19.2. The van der Waals surface area contributed by atoms with Crippen molar-refractivity contribution in [1.82, 2.24) is 0 Å². The summed E-state index contributed by atoms with van der Waals surface area (Å²) < 4.78 is 11.9. The average Bonchev–Trinajstić information content (AvgIpc) is 2.60. The smallest absolute Gasteiger partial charge is 0.338 e. The summed E-state index contributed by atoms with van der Waals surface area (Å²) >= 11 is 2.21. The van der Waals surface area contributed by atoms with Gasteiger partial charge in [0.15, 0.2) is 0 Å². The van der Waals surface area contributed by atoms with Crippen LogP contribution >= 0.6 is 22.6 Å². The minimum atomic E-state index is -0.798. The van der Waals surface area contributed by atoms with Gasteiger partial charge in [0.25, 0.3) is 0 Å².